The molecule has 5 aromatic rings. The predicted octanol–water partition coefficient (Wildman–Crippen LogP) is 5.14. The Hall–Kier alpha value is -5.35. The second-order valence-electron chi connectivity index (χ2n) is 10.8. The third-order valence-corrected chi connectivity index (χ3v) is 7.88. The molecule has 3 aromatic carbocycles. The Kier molecular flexibility index (Phi) is 6.88. The standard InChI is InChI=1S/C33H29N7O3/c41-28-12-15-39(16-13-28)26-6-1-21(2-7-26)32(42)38-25-5-10-31-22(17-25)20-36-40(31)27-8-3-24(4-9-27)37-33(43)23-18-30-29(35-19-23)11-14-34-30/h1-10,14,17-20,28,41H,11-13,15-16H2,(H,37,43)(H,38,42). The molecule has 2 aliphatic rings. The van der Waals surface area contributed by atoms with Gasteiger partial charge >= 0.3 is 0 Å². The van der Waals surface area contributed by atoms with E-state index in [0.717, 1.165) is 59.6 Å². The number of aliphatic imine (C=N–C) groups is 1. The lowest BCUT2D eigenvalue weighted by atomic mass is 10.1. The third kappa shape index (κ3) is 5.47. The number of carbonyl (C=O) groups is 2. The van der Waals surface area contributed by atoms with Gasteiger partial charge in [-0.2, -0.15) is 5.10 Å². The first-order valence-electron chi connectivity index (χ1n) is 14.3. The SMILES string of the molecule is O=C(Nc1ccc2c(cnn2-c2ccc(NC(=O)c3cnc4c(c3)N=CC4)cc2)c1)c1ccc(N2CCC(O)CC2)cc1. The maximum Gasteiger partial charge on any atom is 0.257 e. The van der Waals surface area contributed by atoms with Crippen molar-refractivity contribution >= 4 is 51.7 Å². The van der Waals surface area contributed by atoms with E-state index in [9.17, 15) is 14.7 Å². The first kappa shape index (κ1) is 26.5. The molecule has 43 heavy (non-hydrogen) atoms. The van der Waals surface area contributed by atoms with Crippen LogP contribution in [-0.4, -0.2) is 57.1 Å². The number of carbonyl (C=O) groups excluding carboxylic acids is 2. The highest BCUT2D eigenvalue weighted by Gasteiger charge is 2.18. The number of aliphatic hydroxyl groups is 1. The van der Waals surface area contributed by atoms with E-state index in [4.69, 9.17) is 0 Å². The molecule has 2 aromatic heterocycles. The normalized spacial score (nSPS) is 14.6. The molecule has 0 spiro atoms. The third-order valence-electron chi connectivity index (χ3n) is 7.88. The average molecular weight is 572 g/mol. The van der Waals surface area contributed by atoms with Gasteiger partial charge in [0.25, 0.3) is 11.8 Å². The van der Waals surface area contributed by atoms with Gasteiger partial charge in [0.05, 0.1) is 40.4 Å². The van der Waals surface area contributed by atoms with Crippen LogP contribution in [0.25, 0.3) is 16.6 Å². The van der Waals surface area contributed by atoms with Crippen molar-refractivity contribution in [3.05, 3.63) is 102 Å². The number of aromatic nitrogens is 3. The minimum Gasteiger partial charge on any atom is -0.393 e. The molecule has 3 N–H and O–H groups in total. The van der Waals surface area contributed by atoms with Crippen molar-refractivity contribution in [2.75, 3.05) is 28.6 Å². The topological polar surface area (TPSA) is 125 Å². The Labute approximate surface area is 247 Å². The number of anilines is 3. The zero-order valence-corrected chi connectivity index (χ0v) is 23.3. The number of piperidine rings is 1. The summed E-state index contributed by atoms with van der Waals surface area (Å²) in [5.74, 6) is -0.434. The Balaban J connectivity index is 1.01. The lowest BCUT2D eigenvalue weighted by molar-refractivity contribution is 0.101. The second-order valence-corrected chi connectivity index (χ2v) is 10.8. The smallest absolute Gasteiger partial charge is 0.257 e. The van der Waals surface area contributed by atoms with Crippen molar-refractivity contribution < 1.29 is 14.7 Å². The molecule has 10 nitrogen and oxygen atoms in total. The maximum absolute atomic E-state index is 12.9. The summed E-state index contributed by atoms with van der Waals surface area (Å²) >= 11 is 0. The van der Waals surface area contributed by atoms with Crippen molar-refractivity contribution in [3.8, 4) is 5.69 Å². The molecule has 2 amide bonds. The summed E-state index contributed by atoms with van der Waals surface area (Å²) in [4.78, 5) is 36.5. The minimum atomic E-state index is -0.247. The molecule has 10 heteroatoms. The zero-order chi connectivity index (χ0) is 29.3. The quantitative estimate of drug-likeness (QED) is 0.259. The van der Waals surface area contributed by atoms with Gasteiger partial charge in [0.1, 0.15) is 0 Å². The molecular weight excluding hydrogens is 542 g/mol. The number of rotatable bonds is 6. The molecule has 0 aliphatic carbocycles. The number of nitrogens with one attached hydrogen (secondary N) is 2. The van der Waals surface area contributed by atoms with E-state index in [2.05, 4.69) is 30.6 Å². The Morgan fingerprint density at radius 3 is 2.28 bits per heavy atom. The van der Waals surface area contributed by atoms with E-state index >= 15 is 0 Å². The number of benzene rings is 3. The van der Waals surface area contributed by atoms with Crippen LogP contribution >= 0.6 is 0 Å². The maximum atomic E-state index is 12.9. The summed E-state index contributed by atoms with van der Waals surface area (Å²) in [6.07, 6.45) is 7.11. The Morgan fingerprint density at radius 2 is 1.49 bits per heavy atom. The summed E-state index contributed by atoms with van der Waals surface area (Å²) in [7, 11) is 0. The van der Waals surface area contributed by atoms with Gasteiger partial charge < -0.3 is 20.6 Å². The fourth-order valence-corrected chi connectivity index (χ4v) is 5.46. The van der Waals surface area contributed by atoms with Crippen LogP contribution in [0.2, 0.25) is 0 Å². The predicted molar refractivity (Wildman–Crippen MR) is 167 cm³/mol. The van der Waals surface area contributed by atoms with E-state index in [1.165, 1.54) is 0 Å². The molecule has 214 valence electrons. The highest BCUT2D eigenvalue weighted by molar-refractivity contribution is 6.06. The van der Waals surface area contributed by atoms with Crippen molar-refractivity contribution in [1.29, 1.82) is 0 Å². The van der Waals surface area contributed by atoms with E-state index in [-0.39, 0.29) is 17.9 Å². The number of amides is 2. The lowest BCUT2D eigenvalue weighted by Crippen LogP contribution is -2.35. The number of fused-ring (bicyclic) bond motifs is 2. The molecule has 0 radical (unpaired) electrons. The highest BCUT2D eigenvalue weighted by atomic mass is 16.3. The summed E-state index contributed by atoms with van der Waals surface area (Å²) in [6, 6.07) is 22.4. The fourth-order valence-electron chi connectivity index (χ4n) is 5.46. The molecule has 0 bridgehead atoms. The van der Waals surface area contributed by atoms with Crippen LogP contribution in [0.15, 0.2) is 90.2 Å². The van der Waals surface area contributed by atoms with Gasteiger partial charge in [-0.3, -0.25) is 19.6 Å². The number of hydrogen-bond donors (Lipinski definition) is 3. The van der Waals surface area contributed by atoms with Crippen LogP contribution in [0, 0.1) is 0 Å². The monoisotopic (exact) mass is 571 g/mol. The van der Waals surface area contributed by atoms with Crippen LogP contribution < -0.4 is 15.5 Å². The first-order chi connectivity index (χ1) is 21.0. The molecule has 1 saturated heterocycles. The number of nitrogens with zero attached hydrogens (tertiary/aromatic N) is 5. The highest BCUT2D eigenvalue weighted by Crippen LogP contribution is 2.26. The van der Waals surface area contributed by atoms with Crippen LogP contribution in [0.4, 0.5) is 22.7 Å². The minimum absolute atomic E-state index is 0.187. The second kappa shape index (κ2) is 11.1. The largest absolute Gasteiger partial charge is 0.393 e. The van der Waals surface area contributed by atoms with Gasteiger partial charge in [0.15, 0.2) is 0 Å². The lowest BCUT2D eigenvalue weighted by Gasteiger charge is -2.31. The van der Waals surface area contributed by atoms with Gasteiger partial charge in [0, 0.05) is 59.9 Å². The molecule has 0 unspecified atom stereocenters. The van der Waals surface area contributed by atoms with Crippen molar-refractivity contribution in [2.24, 2.45) is 4.99 Å². The van der Waals surface area contributed by atoms with Crippen molar-refractivity contribution in [1.82, 2.24) is 14.8 Å². The van der Waals surface area contributed by atoms with Crippen LogP contribution in [0.5, 0.6) is 0 Å². The molecule has 7 rings (SSSR count). The van der Waals surface area contributed by atoms with E-state index in [1.54, 1.807) is 24.7 Å². The number of pyridine rings is 1. The zero-order valence-electron chi connectivity index (χ0n) is 23.3. The molecular formula is C33H29N7O3. The number of hydrogen-bond acceptors (Lipinski definition) is 7. The summed E-state index contributed by atoms with van der Waals surface area (Å²) in [6.45, 7) is 1.62. The Morgan fingerprint density at radius 1 is 0.791 bits per heavy atom. The summed E-state index contributed by atoms with van der Waals surface area (Å²) in [5.41, 5.74) is 6.75. The van der Waals surface area contributed by atoms with Crippen LogP contribution in [-0.2, 0) is 6.42 Å². The van der Waals surface area contributed by atoms with Gasteiger partial charge in [-0.1, -0.05) is 0 Å². The van der Waals surface area contributed by atoms with E-state index < -0.39 is 0 Å². The molecule has 0 atom stereocenters. The van der Waals surface area contributed by atoms with Crippen molar-refractivity contribution in [3.63, 3.8) is 0 Å². The van der Waals surface area contributed by atoms with E-state index in [0.29, 0.717) is 28.9 Å². The van der Waals surface area contributed by atoms with Gasteiger partial charge in [0.2, 0.25) is 0 Å². The first-order valence-corrected chi connectivity index (χ1v) is 14.3. The molecule has 0 saturated carbocycles. The fraction of sp³-hybridized carbons (Fsp3) is 0.182. The molecule has 2 aliphatic heterocycles. The summed E-state index contributed by atoms with van der Waals surface area (Å²) < 4.78 is 1.81. The number of aliphatic hydroxyl groups excluding tert-OH is 1. The van der Waals surface area contributed by atoms with Crippen LogP contribution in [0.1, 0.15) is 39.3 Å². The van der Waals surface area contributed by atoms with Gasteiger partial charge in [-0.05, 0) is 85.6 Å². The van der Waals surface area contributed by atoms with Gasteiger partial charge in [-0.15, -0.1) is 0 Å². The molecule has 1 fully saturated rings. The summed E-state index contributed by atoms with van der Waals surface area (Å²) in [5, 5.41) is 21.1. The average Bonchev–Trinajstić information content (AvgIpc) is 3.68. The Bertz CT molecular complexity index is 1850. The van der Waals surface area contributed by atoms with Crippen molar-refractivity contribution in [2.45, 2.75) is 25.4 Å². The van der Waals surface area contributed by atoms with Crippen LogP contribution in [0.3, 0.4) is 0 Å². The van der Waals surface area contributed by atoms with Gasteiger partial charge in [-0.25, -0.2) is 4.68 Å². The molecule has 4 heterocycles. The van der Waals surface area contributed by atoms with E-state index in [1.807, 2.05) is 71.4 Å².